The lowest BCUT2D eigenvalue weighted by molar-refractivity contribution is -0.140. The van der Waals surface area contributed by atoms with Crippen molar-refractivity contribution < 1.29 is 19.1 Å². The van der Waals surface area contributed by atoms with Gasteiger partial charge in [-0.2, -0.15) is 0 Å². The number of hydrogen-bond acceptors (Lipinski definition) is 4. The van der Waals surface area contributed by atoms with Crippen LogP contribution in [0.25, 0.3) is 6.08 Å². The quantitative estimate of drug-likeness (QED) is 0.624. The van der Waals surface area contributed by atoms with Gasteiger partial charge in [-0.15, -0.1) is 0 Å². The molecule has 0 fully saturated rings. The van der Waals surface area contributed by atoms with Crippen LogP contribution in [0.1, 0.15) is 5.56 Å². The molecule has 0 bridgehead atoms. The van der Waals surface area contributed by atoms with Crippen LogP contribution in [-0.4, -0.2) is 32.6 Å². The summed E-state index contributed by atoms with van der Waals surface area (Å²) in [5.74, 6) is -0.185. The number of amides is 1. The normalized spacial score (nSPS) is 10.1. The highest BCUT2D eigenvalue weighted by Gasteiger charge is 2.02. The van der Waals surface area contributed by atoms with Gasteiger partial charge in [0, 0.05) is 11.6 Å². The Labute approximate surface area is 105 Å². The van der Waals surface area contributed by atoms with Gasteiger partial charge < -0.3 is 14.8 Å². The number of carbonyl (C=O) groups is 2. The molecular weight excluding hydrogens is 234 g/mol. The number of nitrogens with one attached hydrogen (secondary N) is 1. The first kappa shape index (κ1) is 13.8. The standard InChI is InChI=1S/C13H15NO4/c1-17-11-6-4-3-5-10(11)7-8-12(15)14-9-13(16)18-2/h3-8H,9H2,1-2H3,(H,14,15). The predicted octanol–water partition coefficient (Wildman–Crippen LogP) is 0.998. The van der Waals surface area contributed by atoms with Crippen LogP contribution in [0, 0.1) is 0 Å². The third kappa shape index (κ3) is 4.29. The van der Waals surface area contributed by atoms with Crippen LogP contribution < -0.4 is 10.1 Å². The maximum absolute atomic E-state index is 11.4. The summed E-state index contributed by atoms with van der Waals surface area (Å²) in [7, 11) is 2.82. The molecule has 0 aliphatic heterocycles. The van der Waals surface area contributed by atoms with Gasteiger partial charge in [0.2, 0.25) is 5.91 Å². The lowest BCUT2D eigenvalue weighted by Gasteiger charge is -2.03. The average Bonchev–Trinajstić information content (AvgIpc) is 2.42. The predicted molar refractivity (Wildman–Crippen MR) is 67.1 cm³/mol. The highest BCUT2D eigenvalue weighted by Crippen LogP contribution is 2.18. The number of hydrogen-bond donors (Lipinski definition) is 1. The van der Waals surface area contributed by atoms with Crippen LogP contribution in [0.5, 0.6) is 5.75 Å². The summed E-state index contributed by atoms with van der Waals surface area (Å²) in [5, 5.41) is 2.40. The fourth-order valence-electron chi connectivity index (χ4n) is 1.26. The average molecular weight is 249 g/mol. The summed E-state index contributed by atoms with van der Waals surface area (Å²) in [6.45, 7) is -0.147. The number of ether oxygens (including phenoxy) is 2. The van der Waals surface area contributed by atoms with Crippen LogP contribution in [-0.2, 0) is 14.3 Å². The van der Waals surface area contributed by atoms with Crippen molar-refractivity contribution in [2.75, 3.05) is 20.8 Å². The van der Waals surface area contributed by atoms with Crippen molar-refractivity contribution >= 4 is 18.0 Å². The van der Waals surface area contributed by atoms with Crippen LogP contribution in [0.4, 0.5) is 0 Å². The third-order valence-electron chi connectivity index (χ3n) is 2.19. The van der Waals surface area contributed by atoms with Gasteiger partial charge in [-0.05, 0) is 12.1 Å². The molecule has 5 heteroatoms. The highest BCUT2D eigenvalue weighted by atomic mass is 16.5. The lowest BCUT2D eigenvalue weighted by atomic mass is 10.2. The van der Waals surface area contributed by atoms with E-state index >= 15 is 0 Å². The largest absolute Gasteiger partial charge is 0.496 e. The molecular formula is C13H15NO4. The fraction of sp³-hybridized carbons (Fsp3) is 0.231. The summed E-state index contributed by atoms with van der Waals surface area (Å²) < 4.78 is 9.54. The first-order chi connectivity index (χ1) is 8.67. The molecule has 0 aliphatic rings. The molecule has 1 N–H and O–H groups in total. The van der Waals surface area contributed by atoms with Crippen molar-refractivity contribution in [2.24, 2.45) is 0 Å². The molecule has 0 spiro atoms. The Balaban J connectivity index is 2.58. The number of carbonyl (C=O) groups excluding carboxylic acids is 2. The zero-order valence-corrected chi connectivity index (χ0v) is 10.3. The minimum absolute atomic E-state index is 0.147. The molecule has 0 saturated heterocycles. The zero-order valence-electron chi connectivity index (χ0n) is 10.3. The van der Waals surface area contributed by atoms with E-state index in [2.05, 4.69) is 10.1 Å². The van der Waals surface area contributed by atoms with Crippen LogP contribution >= 0.6 is 0 Å². The topological polar surface area (TPSA) is 64.6 Å². The van der Waals surface area contributed by atoms with Crippen molar-refractivity contribution in [1.29, 1.82) is 0 Å². The zero-order chi connectivity index (χ0) is 13.4. The number of rotatable bonds is 5. The van der Waals surface area contributed by atoms with Gasteiger partial charge in [-0.3, -0.25) is 9.59 Å². The van der Waals surface area contributed by atoms with E-state index in [9.17, 15) is 9.59 Å². The number of methoxy groups -OCH3 is 2. The van der Waals surface area contributed by atoms with Crippen molar-refractivity contribution in [3.63, 3.8) is 0 Å². The second-order valence-corrected chi connectivity index (χ2v) is 3.37. The molecule has 0 radical (unpaired) electrons. The van der Waals surface area contributed by atoms with Crippen molar-refractivity contribution in [1.82, 2.24) is 5.32 Å². The van der Waals surface area contributed by atoms with E-state index in [1.807, 2.05) is 18.2 Å². The fourth-order valence-corrected chi connectivity index (χ4v) is 1.26. The molecule has 96 valence electrons. The van der Waals surface area contributed by atoms with Gasteiger partial charge >= 0.3 is 5.97 Å². The SMILES string of the molecule is COC(=O)CNC(=O)C=Cc1ccccc1OC. The van der Waals surface area contributed by atoms with Gasteiger partial charge in [0.25, 0.3) is 0 Å². The maximum atomic E-state index is 11.4. The maximum Gasteiger partial charge on any atom is 0.325 e. The third-order valence-corrected chi connectivity index (χ3v) is 2.19. The van der Waals surface area contributed by atoms with E-state index in [0.717, 1.165) is 5.56 Å². The molecule has 0 aromatic heterocycles. The summed E-state index contributed by atoms with van der Waals surface area (Å²) in [6, 6.07) is 7.30. The monoisotopic (exact) mass is 249 g/mol. The minimum atomic E-state index is -0.492. The van der Waals surface area contributed by atoms with Crippen molar-refractivity contribution in [2.45, 2.75) is 0 Å². The van der Waals surface area contributed by atoms with Crippen LogP contribution in [0.3, 0.4) is 0 Å². The lowest BCUT2D eigenvalue weighted by Crippen LogP contribution is -2.28. The number of esters is 1. The molecule has 0 unspecified atom stereocenters. The Morgan fingerprint density at radius 3 is 2.67 bits per heavy atom. The van der Waals surface area contributed by atoms with Crippen molar-refractivity contribution in [3.8, 4) is 5.75 Å². The molecule has 0 aliphatic carbocycles. The summed E-state index contributed by atoms with van der Waals surface area (Å²) in [5.41, 5.74) is 0.785. The van der Waals surface area contributed by atoms with E-state index in [4.69, 9.17) is 4.74 Å². The second kappa shape index (κ2) is 7.11. The Kier molecular flexibility index (Phi) is 5.44. The minimum Gasteiger partial charge on any atom is -0.496 e. The molecule has 1 amide bonds. The molecule has 5 nitrogen and oxygen atoms in total. The molecule has 0 saturated carbocycles. The Bertz CT molecular complexity index is 454. The molecule has 0 atom stereocenters. The number of benzene rings is 1. The first-order valence-electron chi connectivity index (χ1n) is 5.33. The van der Waals surface area contributed by atoms with Crippen molar-refractivity contribution in [3.05, 3.63) is 35.9 Å². The van der Waals surface area contributed by atoms with E-state index in [-0.39, 0.29) is 12.5 Å². The first-order valence-corrected chi connectivity index (χ1v) is 5.33. The van der Waals surface area contributed by atoms with E-state index in [1.165, 1.54) is 13.2 Å². The van der Waals surface area contributed by atoms with Gasteiger partial charge in [-0.1, -0.05) is 18.2 Å². The summed E-state index contributed by atoms with van der Waals surface area (Å²) in [4.78, 5) is 22.2. The second-order valence-electron chi connectivity index (χ2n) is 3.37. The Morgan fingerprint density at radius 2 is 2.00 bits per heavy atom. The van der Waals surface area contributed by atoms with E-state index in [0.29, 0.717) is 5.75 Å². The summed E-state index contributed by atoms with van der Waals surface area (Å²) >= 11 is 0. The molecule has 1 aromatic carbocycles. The molecule has 0 heterocycles. The van der Waals surface area contributed by atoms with Gasteiger partial charge in [-0.25, -0.2) is 0 Å². The molecule has 1 rings (SSSR count). The van der Waals surface area contributed by atoms with E-state index < -0.39 is 5.97 Å². The van der Waals surface area contributed by atoms with Gasteiger partial charge in [0.05, 0.1) is 14.2 Å². The highest BCUT2D eigenvalue weighted by molar-refractivity contribution is 5.93. The molecule has 18 heavy (non-hydrogen) atoms. The molecule has 1 aromatic rings. The Hall–Kier alpha value is -2.30. The Morgan fingerprint density at radius 1 is 1.28 bits per heavy atom. The van der Waals surface area contributed by atoms with Crippen LogP contribution in [0.2, 0.25) is 0 Å². The van der Waals surface area contributed by atoms with Crippen LogP contribution in [0.15, 0.2) is 30.3 Å². The van der Waals surface area contributed by atoms with Gasteiger partial charge in [0.1, 0.15) is 12.3 Å². The van der Waals surface area contributed by atoms with Gasteiger partial charge in [0.15, 0.2) is 0 Å². The van der Waals surface area contributed by atoms with E-state index in [1.54, 1.807) is 19.3 Å². The smallest absolute Gasteiger partial charge is 0.325 e. The summed E-state index contributed by atoms with van der Waals surface area (Å²) in [6.07, 6.45) is 2.95. The number of para-hydroxylation sites is 1.